The molecule has 0 fully saturated rings. The Morgan fingerprint density at radius 2 is 1.03 bits per heavy atom. The molecule has 0 aliphatic heterocycles. The van der Waals surface area contributed by atoms with E-state index < -0.39 is 8.32 Å². The van der Waals surface area contributed by atoms with Gasteiger partial charge in [-0.3, -0.25) is 0 Å². The molecule has 0 radical (unpaired) electrons. The summed E-state index contributed by atoms with van der Waals surface area (Å²) in [6, 6.07) is 19.3. The monoisotopic (exact) mass is 508 g/mol. The predicted octanol–water partition coefficient (Wildman–Crippen LogP) is 7.23. The van der Waals surface area contributed by atoms with Gasteiger partial charge in [0, 0.05) is 7.11 Å². The van der Waals surface area contributed by atoms with E-state index in [4.69, 9.17) is 15.6 Å². The first-order valence-electron chi connectivity index (χ1n) is 8.76. The fourth-order valence-electron chi connectivity index (χ4n) is 1.90. The quantitative estimate of drug-likeness (QED) is 0.248. The van der Waals surface area contributed by atoms with Gasteiger partial charge in [0.05, 0.1) is 0 Å². The first-order valence-corrected chi connectivity index (χ1v) is 13.3. The molecule has 3 nitrogen and oxygen atoms in total. The van der Waals surface area contributed by atoms with E-state index in [1.54, 1.807) is 20.0 Å². The largest absolute Gasteiger partial charge is 0.358 e. The number of halogens is 2. The summed E-state index contributed by atoms with van der Waals surface area (Å²) in [4.78, 5) is 11.9. The van der Waals surface area contributed by atoms with Gasteiger partial charge in [0.2, 0.25) is 0 Å². The number of hydrogen-bond donors (Lipinski definition) is 2. The molecule has 3 N–H and O–H groups in total. The van der Waals surface area contributed by atoms with Gasteiger partial charge in [0.15, 0.2) is 8.32 Å². The SMILES string of the molecule is CC(C)(C)[NH-].CO.C[Si](C)(C)O.Cl.Cl.[CH2]=[Ti].[CH3-].c1ccc2c(c1)[cH-]c1ccccc12. The van der Waals surface area contributed by atoms with E-state index in [-0.39, 0.29) is 37.8 Å². The second-order valence-electron chi connectivity index (χ2n) is 7.74. The first kappa shape index (κ1) is 40.0. The normalized spacial score (nSPS) is 9.10. The second kappa shape index (κ2) is 20.5. The molecule has 0 aliphatic carbocycles. The number of aliphatic hydroxyl groups excluding tert-OH is 1. The van der Waals surface area contributed by atoms with Crippen LogP contribution in [0.3, 0.4) is 0 Å². The molecule has 3 rings (SSSR count). The zero-order valence-electron chi connectivity index (χ0n) is 19.6. The standard InChI is InChI=1S/C13H9.C4H10N.C3H10OSi.CH4O.CH3.CH2.2ClH.Ti/c1-3-7-12-10(5-1)9-11-6-2-4-8-13(11)12;1-4(2,3)5;1-5(2,3)4;1-2;;;;;/h1-9H;5H,1-3H3;4H,1-3H3;2H,1H3;1H3;1H2;2*1H;/q2*-1;;;-1;;;;. The van der Waals surface area contributed by atoms with Crippen molar-refractivity contribution in [2.45, 2.75) is 46.0 Å². The first-order chi connectivity index (χ1) is 12.4. The van der Waals surface area contributed by atoms with Crippen molar-refractivity contribution in [1.82, 2.24) is 0 Å². The maximum absolute atomic E-state index is 8.66. The fourth-order valence-corrected chi connectivity index (χ4v) is 1.90. The van der Waals surface area contributed by atoms with Gasteiger partial charge in [-0.1, -0.05) is 57.2 Å². The van der Waals surface area contributed by atoms with Crippen LogP contribution in [0.1, 0.15) is 20.8 Å². The van der Waals surface area contributed by atoms with E-state index in [0.717, 1.165) is 7.11 Å². The minimum absolute atomic E-state index is 0. The molecule has 0 spiro atoms. The molecule has 0 atom stereocenters. The van der Waals surface area contributed by atoms with Crippen LogP contribution >= 0.6 is 24.8 Å². The van der Waals surface area contributed by atoms with Gasteiger partial charge in [-0.2, -0.15) is 0 Å². The van der Waals surface area contributed by atoms with Crippen molar-refractivity contribution < 1.29 is 29.9 Å². The van der Waals surface area contributed by atoms with Crippen LogP contribution in [0.15, 0.2) is 54.6 Å². The summed E-state index contributed by atoms with van der Waals surface area (Å²) in [5, 5.41) is 12.4. The summed E-state index contributed by atoms with van der Waals surface area (Å²) in [7, 11) is -0.611. The van der Waals surface area contributed by atoms with E-state index >= 15 is 0 Å². The van der Waals surface area contributed by atoms with Crippen molar-refractivity contribution in [2.75, 3.05) is 7.11 Å². The molecule has 30 heavy (non-hydrogen) atoms. The molecule has 0 heterocycles. The molecular weight excluding hydrogens is 469 g/mol. The number of fused-ring (bicyclic) bond motifs is 3. The molecule has 0 saturated heterocycles. The second-order valence-corrected chi connectivity index (χ2v) is 12.1. The summed E-state index contributed by atoms with van der Waals surface area (Å²) in [5.74, 6) is 0. The zero-order valence-corrected chi connectivity index (χ0v) is 23.8. The van der Waals surface area contributed by atoms with Crippen LogP contribution < -0.4 is 0 Å². The molecule has 0 saturated carbocycles. The van der Waals surface area contributed by atoms with Crippen molar-refractivity contribution in [3.63, 3.8) is 0 Å². The Kier molecular flexibility index (Phi) is 27.3. The van der Waals surface area contributed by atoms with Crippen LogP contribution in [-0.4, -0.2) is 35.7 Å². The minimum atomic E-state index is -1.61. The minimum Gasteiger partial charge on any atom is -0.358 e. The molecule has 0 bridgehead atoms. The fraction of sp³-hybridized carbons (Fsp3) is 0.348. The van der Waals surface area contributed by atoms with Crippen LogP contribution in [0, 0.1) is 7.43 Å². The van der Waals surface area contributed by atoms with Gasteiger partial charge >= 0.3 is 24.8 Å². The Balaban J connectivity index is -0.000000106. The zero-order chi connectivity index (χ0) is 21.7. The summed E-state index contributed by atoms with van der Waals surface area (Å²) >= 11 is 1.75. The van der Waals surface area contributed by atoms with E-state index in [1.807, 2.05) is 40.4 Å². The van der Waals surface area contributed by atoms with Crippen LogP contribution in [-0.2, 0) is 20.0 Å². The number of aliphatic hydroxyl groups is 1. The topological polar surface area (TPSA) is 64.3 Å². The van der Waals surface area contributed by atoms with Crippen LogP contribution in [0.25, 0.3) is 27.3 Å². The van der Waals surface area contributed by atoms with Crippen molar-refractivity contribution in [1.29, 1.82) is 0 Å². The van der Waals surface area contributed by atoms with Gasteiger partial charge in [0.1, 0.15) is 0 Å². The molecule has 7 heteroatoms. The van der Waals surface area contributed by atoms with E-state index in [9.17, 15) is 0 Å². The number of nitrogens with one attached hydrogen (secondary N) is 1. The van der Waals surface area contributed by atoms with Gasteiger partial charge in [-0.05, 0) is 19.6 Å². The third-order valence-corrected chi connectivity index (χ3v) is 2.52. The molecule has 3 aromatic carbocycles. The number of hydrogen-bond acceptors (Lipinski definition) is 2. The van der Waals surface area contributed by atoms with E-state index in [2.05, 4.69) is 59.4 Å². The molecule has 0 aliphatic rings. The van der Waals surface area contributed by atoms with Gasteiger partial charge in [0.25, 0.3) is 0 Å². The summed E-state index contributed by atoms with van der Waals surface area (Å²) in [6.45, 7) is 11.2. The predicted molar refractivity (Wildman–Crippen MR) is 143 cm³/mol. The maximum atomic E-state index is 8.66. The Hall–Kier alpha value is -0.429. The van der Waals surface area contributed by atoms with E-state index in [1.165, 1.54) is 21.5 Å². The molecule has 0 aromatic heterocycles. The Morgan fingerprint density at radius 1 is 0.833 bits per heavy atom. The van der Waals surface area contributed by atoms with Crippen molar-refractivity contribution in [3.05, 3.63) is 67.8 Å². The van der Waals surface area contributed by atoms with Crippen LogP contribution in [0.4, 0.5) is 0 Å². The van der Waals surface area contributed by atoms with Crippen LogP contribution in [0.2, 0.25) is 19.6 Å². The Bertz CT molecular complexity index is 695. The van der Waals surface area contributed by atoms with Crippen molar-refractivity contribution >= 4 is 59.5 Å². The summed E-state index contributed by atoms with van der Waals surface area (Å²) < 4.78 is 0. The van der Waals surface area contributed by atoms with Crippen molar-refractivity contribution in [2.24, 2.45) is 0 Å². The number of rotatable bonds is 0. The maximum Gasteiger partial charge on any atom is -0.0771 e. The van der Waals surface area contributed by atoms with Crippen molar-refractivity contribution in [3.8, 4) is 0 Å². The van der Waals surface area contributed by atoms with Gasteiger partial charge in [-0.15, -0.1) is 70.1 Å². The molecule has 174 valence electrons. The average Bonchev–Trinajstić information content (AvgIpc) is 2.94. The van der Waals surface area contributed by atoms with Gasteiger partial charge < -0.3 is 23.1 Å². The molecular formula is C23H40Cl2NO2SiTi-3. The van der Waals surface area contributed by atoms with E-state index in [0.29, 0.717) is 0 Å². The molecule has 3 aromatic rings. The third kappa shape index (κ3) is 22.3. The third-order valence-electron chi connectivity index (χ3n) is 2.52. The van der Waals surface area contributed by atoms with Crippen LogP contribution in [0.5, 0.6) is 0 Å². The molecule has 0 unspecified atom stereocenters. The smallest absolute Gasteiger partial charge is 0.0771 e. The summed E-state index contributed by atoms with van der Waals surface area (Å²) in [6.07, 6.45) is 0. The molecule has 0 amide bonds. The van der Waals surface area contributed by atoms with Gasteiger partial charge in [-0.25, -0.2) is 0 Å². The Morgan fingerprint density at radius 3 is 1.27 bits per heavy atom. The number of benzene rings is 2. The summed E-state index contributed by atoms with van der Waals surface area (Å²) in [5.41, 5.74) is 6.69. The Labute approximate surface area is 209 Å². The average molecular weight is 509 g/mol.